The molecule has 2 aliphatic carbocycles. The van der Waals surface area contributed by atoms with Crippen molar-refractivity contribution in [1.29, 1.82) is 0 Å². The lowest BCUT2D eigenvalue weighted by Crippen LogP contribution is -2.50. The van der Waals surface area contributed by atoms with E-state index in [0.29, 0.717) is 31.3 Å². The fourth-order valence-corrected chi connectivity index (χ4v) is 5.19. The molecule has 1 aromatic rings. The van der Waals surface area contributed by atoms with Crippen LogP contribution < -0.4 is 16.0 Å². The molecular weight excluding hydrogens is 407 g/mol. The smallest absolute Gasteiger partial charge is 0.223 e. The van der Waals surface area contributed by atoms with E-state index in [0.717, 1.165) is 25.7 Å². The van der Waals surface area contributed by atoms with Crippen molar-refractivity contribution in [2.75, 3.05) is 18.0 Å². The molecule has 1 aromatic carbocycles. The molecular formula is C20H29Cl2F2N3O. The van der Waals surface area contributed by atoms with Crippen molar-refractivity contribution in [1.82, 2.24) is 5.32 Å². The van der Waals surface area contributed by atoms with Gasteiger partial charge in [-0.15, -0.1) is 24.8 Å². The number of fused-ring (bicyclic) bond motifs is 2. The summed E-state index contributed by atoms with van der Waals surface area (Å²) in [6, 6.07) is 4.10. The van der Waals surface area contributed by atoms with Crippen molar-refractivity contribution in [2.45, 2.75) is 50.6 Å². The van der Waals surface area contributed by atoms with Crippen LogP contribution in [0.25, 0.3) is 0 Å². The molecule has 3 unspecified atom stereocenters. The molecule has 158 valence electrons. The lowest BCUT2D eigenvalue weighted by atomic mass is 9.65. The lowest BCUT2D eigenvalue weighted by Gasteiger charge is -2.43. The number of nitrogens with two attached hydrogens (primary N) is 1. The van der Waals surface area contributed by atoms with Crippen molar-refractivity contribution in [3.05, 3.63) is 29.8 Å². The second-order valence-corrected chi connectivity index (χ2v) is 8.21. The number of hydrogen-bond acceptors (Lipinski definition) is 3. The first kappa shape index (κ1) is 23.2. The summed E-state index contributed by atoms with van der Waals surface area (Å²) in [7, 11) is 0. The molecule has 3 aliphatic rings. The zero-order valence-corrected chi connectivity index (χ0v) is 17.4. The topological polar surface area (TPSA) is 58.4 Å². The summed E-state index contributed by atoms with van der Waals surface area (Å²) in [6.07, 6.45) is 5.95. The van der Waals surface area contributed by atoms with Crippen molar-refractivity contribution >= 4 is 36.4 Å². The zero-order valence-electron chi connectivity index (χ0n) is 15.8. The maximum Gasteiger partial charge on any atom is 0.223 e. The molecule has 1 heterocycles. The first-order valence-corrected chi connectivity index (χ1v) is 9.78. The number of para-hydroxylation sites is 1. The highest BCUT2D eigenvalue weighted by Crippen LogP contribution is 2.42. The molecule has 4 nitrogen and oxygen atoms in total. The van der Waals surface area contributed by atoms with Gasteiger partial charge in [0.15, 0.2) is 0 Å². The van der Waals surface area contributed by atoms with Crippen molar-refractivity contribution in [3.8, 4) is 0 Å². The van der Waals surface area contributed by atoms with Crippen LogP contribution in [0.2, 0.25) is 0 Å². The second kappa shape index (κ2) is 9.59. The van der Waals surface area contributed by atoms with Crippen LogP contribution in [0.1, 0.15) is 38.5 Å². The molecule has 3 atom stereocenters. The first-order chi connectivity index (χ1) is 12.5. The predicted octanol–water partition coefficient (Wildman–Crippen LogP) is 3.66. The summed E-state index contributed by atoms with van der Waals surface area (Å²) in [5, 5.41) is 3.13. The minimum atomic E-state index is -0.550. The first-order valence-electron chi connectivity index (χ1n) is 9.78. The van der Waals surface area contributed by atoms with E-state index in [1.54, 1.807) is 4.90 Å². The minimum absolute atomic E-state index is 0. The third-order valence-electron chi connectivity index (χ3n) is 6.57. The summed E-state index contributed by atoms with van der Waals surface area (Å²) in [4.78, 5) is 14.4. The van der Waals surface area contributed by atoms with Gasteiger partial charge in [-0.3, -0.25) is 4.79 Å². The van der Waals surface area contributed by atoms with Gasteiger partial charge < -0.3 is 16.0 Å². The third kappa shape index (κ3) is 4.55. The third-order valence-corrected chi connectivity index (χ3v) is 6.57. The Bertz CT molecular complexity index is 659. The van der Waals surface area contributed by atoms with Gasteiger partial charge >= 0.3 is 0 Å². The van der Waals surface area contributed by atoms with E-state index in [1.807, 2.05) is 0 Å². The van der Waals surface area contributed by atoms with Crippen LogP contribution in [0.3, 0.4) is 0 Å². The second-order valence-electron chi connectivity index (χ2n) is 8.21. The average Bonchev–Trinajstić information content (AvgIpc) is 3.02. The van der Waals surface area contributed by atoms with Crippen molar-refractivity contribution in [3.63, 3.8) is 0 Å². The fourth-order valence-electron chi connectivity index (χ4n) is 5.19. The van der Waals surface area contributed by atoms with Crippen LogP contribution in [0, 0.1) is 29.4 Å². The number of nitrogens with one attached hydrogen (secondary N) is 1. The van der Waals surface area contributed by atoms with Crippen LogP contribution in [-0.4, -0.2) is 31.1 Å². The summed E-state index contributed by atoms with van der Waals surface area (Å²) in [5.74, 6) is -0.0483. The molecule has 28 heavy (non-hydrogen) atoms. The van der Waals surface area contributed by atoms with E-state index in [-0.39, 0.29) is 54.4 Å². The Morgan fingerprint density at radius 1 is 1.07 bits per heavy atom. The van der Waals surface area contributed by atoms with Crippen LogP contribution in [0.4, 0.5) is 14.5 Å². The number of rotatable bonds is 3. The Balaban J connectivity index is 0.00000140. The highest BCUT2D eigenvalue weighted by molar-refractivity contribution is 5.85. The summed E-state index contributed by atoms with van der Waals surface area (Å²) in [6.45, 7) is 0.992. The van der Waals surface area contributed by atoms with Gasteiger partial charge in [0.25, 0.3) is 0 Å². The number of anilines is 1. The fraction of sp³-hybridized carbons (Fsp3) is 0.650. The van der Waals surface area contributed by atoms with Gasteiger partial charge in [0.2, 0.25) is 5.91 Å². The van der Waals surface area contributed by atoms with Crippen molar-refractivity contribution in [2.24, 2.45) is 23.5 Å². The predicted molar refractivity (Wildman–Crippen MR) is 111 cm³/mol. The average molecular weight is 436 g/mol. The van der Waals surface area contributed by atoms with E-state index in [9.17, 15) is 13.6 Å². The number of halogens is 4. The van der Waals surface area contributed by atoms with Crippen molar-refractivity contribution < 1.29 is 13.6 Å². The van der Waals surface area contributed by atoms with Gasteiger partial charge in [0.1, 0.15) is 17.3 Å². The van der Waals surface area contributed by atoms with Crippen LogP contribution in [-0.2, 0) is 4.79 Å². The molecule has 3 N–H and O–H groups in total. The van der Waals surface area contributed by atoms with Gasteiger partial charge in [-0.25, -0.2) is 8.78 Å². The van der Waals surface area contributed by atoms with Gasteiger partial charge in [0.05, 0.1) is 0 Å². The van der Waals surface area contributed by atoms with E-state index in [1.165, 1.54) is 24.6 Å². The summed E-state index contributed by atoms with van der Waals surface area (Å²) < 4.78 is 27.9. The highest BCUT2D eigenvalue weighted by atomic mass is 35.5. The maximum atomic E-state index is 14.0. The van der Waals surface area contributed by atoms with Gasteiger partial charge in [-0.1, -0.05) is 12.5 Å². The molecule has 0 spiro atoms. The molecule has 4 rings (SSSR count). The van der Waals surface area contributed by atoms with E-state index >= 15 is 0 Å². The number of benzene rings is 1. The Morgan fingerprint density at radius 3 is 2.29 bits per heavy atom. The molecule has 8 heteroatoms. The molecule has 0 radical (unpaired) electrons. The van der Waals surface area contributed by atoms with Crippen LogP contribution in [0.5, 0.6) is 0 Å². The number of carbonyl (C=O) groups is 1. The molecule has 1 amide bonds. The highest BCUT2D eigenvalue weighted by Gasteiger charge is 2.41. The molecule has 0 aromatic heterocycles. The standard InChI is InChI=1S/C20H27F2N3O.2ClH/c21-16-5-2-6-17(22)19(16)25-8-7-15(11-25)24-20(26)14-9-12-3-1-4-13(10-14)18(12)23;;/h2,5-6,12-15,18H,1,3-4,7-11,23H2,(H,24,26);2*1H. The van der Waals surface area contributed by atoms with E-state index in [2.05, 4.69) is 5.32 Å². The minimum Gasteiger partial charge on any atom is -0.365 e. The quantitative estimate of drug-likeness (QED) is 0.761. The van der Waals surface area contributed by atoms with E-state index < -0.39 is 11.6 Å². The zero-order chi connectivity index (χ0) is 18.3. The van der Waals surface area contributed by atoms with Gasteiger partial charge in [-0.05, 0) is 56.1 Å². The molecule has 2 saturated carbocycles. The Morgan fingerprint density at radius 2 is 1.68 bits per heavy atom. The monoisotopic (exact) mass is 435 g/mol. The number of nitrogens with zero attached hydrogens (tertiary/aromatic N) is 1. The Hall–Kier alpha value is -1.11. The largest absolute Gasteiger partial charge is 0.365 e. The van der Waals surface area contributed by atoms with Gasteiger partial charge in [0, 0.05) is 31.1 Å². The SMILES string of the molecule is Cl.Cl.NC1C2CCCC1CC(C(=O)NC1CCN(c3c(F)cccc3F)C1)C2. The normalized spacial score (nSPS) is 31.5. The van der Waals surface area contributed by atoms with Crippen LogP contribution in [0.15, 0.2) is 18.2 Å². The molecule has 1 aliphatic heterocycles. The number of hydrogen-bond donors (Lipinski definition) is 2. The lowest BCUT2D eigenvalue weighted by molar-refractivity contribution is -0.128. The molecule has 3 fully saturated rings. The Kier molecular flexibility index (Phi) is 7.94. The Labute approximate surface area is 177 Å². The maximum absolute atomic E-state index is 14.0. The summed E-state index contributed by atoms with van der Waals surface area (Å²) >= 11 is 0. The molecule has 1 saturated heterocycles. The summed E-state index contributed by atoms with van der Waals surface area (Å²) in [5.41, 5.74) is 6.33. The van der Waals surface area contributed by atoms with Gasteiger partial charge in [-0.2, -0.15) is 0 Å². The van der Waals surface area contributed by atoms with E-state index in [4.69, 9.17) is 5.73 Å². The van der Waals surface area contributed by atoms with Crippen LogP contribution >= 0.6 is 24.8 Å². The number of carbonyl (C=O) groups excluding carboxylic acids is 1. The molecule has 2 bridgehead atoms. The number of amides is 1.